The maximum absolute atomic E-state index is 3.76. The van der Waals surface area contributed by atoms with Gasteiger partial charge in [0.2, 0.25) is 0 Å². The summed E-state index contributed by atoms with van der Waals surface area (Å²) in [6.07, 6.45) is 5.53. The first-order chi connectivity index (χ1) is 10.4. The fourth-order valence-corrected chi connectivity index (χ4v) is 4.94. The predicted octanol–water partition coefficient (Wildman–Crippen LogP) is 3.70. The first-order valence-corrected chi connectivity index (χ1v) is 9.55. The van der Waals surface area contributed by atoms with Crippen molar-refractivity contribution in [2.45, 2.75) is 49.9 Å². The fraction of sp³-hybridized carbons (Fsp3) is 0.667. The van der Waals surface area contributed by atoms with Crippen LogP contribution in [0.4, 0.5) is 0 Å². The summed E-state index contributed by atoms with van der Waals surface area (Å²) >= 11 is 2.20. The highest BCUT2D eigenvalue weighted by atomic mass is 32.2. The van der Waals surface area contributed by atoms with Crippen molar-refractivity contribution in [3.63, 3.8) is 0 Å². The first-order valence-electron chi connectivity index (χ1n) is 8.50. The van der Waals surface area contributed by atoms with Crippen LogP contribution in [0.25, 0.3) is 0 Å². The molecule has 21 heavy (non-hydrogen) atoms. The second kappa shape index (κ2) is 7.66. The second-order valence-corrected chi connectivity index (χ2v) is 7.78. The molecule has 2 aliphatic heterocycles. The lowest BCUT2D eigenvalue weighted by molar-refractivity contribution is 0.126. The number of piperazine rings is 1. The Morgan fingerprint density at radius 2 is 2.10 bits per heavy atom. The zero-order valence-electron chi connectivity index (χ0n) is 13.1. The molecule has 0 spiro atoms. The van der Waals surface area contributed by atoms with E-state index in [-0.39, 0.29) is 0 Å². The number of hydrogen-bond donors (Lipinski definition) is 1. The van der Waals surface area contributed by atoms with E-state index in [4.69, 9.17) is 0 Å². The number of benzene rings is 1. The lowest BCUT2D eigenvalue weighted by Crippen LogP contribution is -2.54. The summed E-state index contributed by atoms with van der Waals surface area (Å²) in [4.78, 5) is 2.76. The van der Waals surface area contributed by atoms with Crippen molar-refractivity contribution in [3.05, 3.63) is 35.9 Å². The summed E-state index contributed by atoms with van der Waals surface area (Å²) in [5.41, 5.74) is 1.44. The summed E-state index contributed by atoms with van der Waals surface area (Å²) in [6.45, 7) is 5.91. The Hall–Kier alpha value is -0.510. The molecular weight excluding hydrogens is 276 g/mol. The van der Waals surface area contributed by atoms with Crippen LogP contribution < -0.4 is 5.32 Å². The zero-order valence-corrected chi connectivity index (χ0v) is 13.9. The van der Waals surface area contributed by atoms with E-state index in [2.05, 4.69) is 59.2 Å². The molecule has 0 amide bonds. The number of thioether (sulfide) groups is 1. The van der Waals surface area contributed by atoms with Crippen LogP contribution in [0.2, 0.25) is 0 Å². The van der Waals surface area contributed by atoms with E-state index < -0.39 is 0 Å². The van der Waals surface area contributed by atoms with Crippen LogP contribution in [0.5, 0.6) is 0 Å². The lowest BCUT2D eigenvalue weighted by Gasteiger charge is -2.42. The predicted molar refractivity (Wildman–Crippen MR) is 92.9 cm³/mol. The minimum absolute atomic E-state index is 0.502. The summed E-state index contributed by atoms with van der Waals surface area (Å²) in [7, 11) is 0. The molecule has 0 bridgehead atoms. The van der Waals surface area contributed by atoms with Crippen LogP contribution in [-0.4, -0.2) is 41.6 Å². The van der Waals surface area contributed by atoms with E-state index in [1.165, 1.54) is 50.1 Å². The van der Waals surface area contributed by atoms with Crippen molar-refractivity contribution in [1.29, 1.82) is 0 Å². The van der Waals surface area contributed by atoms with Crippen molar-refractivity contribution in [3.8, 4) is 0 Å². The first kappa shape index (κ1) is 15.4. The van der Waals surface area contributed by atoms with Gasteiger partial charge in [-0.05, 0) is 30.6 Å². The molecule has 0 aromatic heterocycles. The second-order valence-electron chi connectivity index (χ2n) is 6.38. The molecule has 2 nitrogen and oxygen atoms in total. The molecule has 3 unspecified atom stereocenters. The summed E-state index contributed by atoms with van der Waals surface area (Å²) in [5.74, 6) is 1.37. The zero-order chi connectivity index (χ0) is 14.5. The van der Waals surface area contributed by atoms with Crippen LogP contribution in [-0.2, 0) is 0 Å². The van der Waals surface area contributed by atoms with Gasteiger partial charge in [0.05, 0.1) is 0 Å². The average Bonchev–Trinajstić information content (AvgIpc) is 2.56. The maximum Gasteiger partial charge on any atom is 0.0449 e. The molecule has 1 N–H and O–H groups in total. The van der Waals surface area contributed by atoms with Gasteiger partial charge in [0.15, 0.2) is 0 Å². The third kappa shape index (κ3) is 4.02. The molecule has 0 aliphatic carbocycles. The SMILES string of the molecule is CCC1CNC(c2ccccc2)CN1CC1CCCCS1. The molecule has 3 heteroatoms. The molecule has 2 aliphatic rings. The van der Waals surface area contributed by atoms with Crippen molar-refractivity contribution in [1.82, 2.24) is 10.2 Å². The van der Waals surface area contributed by atoms with Gasteiger partial charge in [0.1, 0.15) is 0 Å². The van der Waals surface area contributed by atoms with E-state index in [9.17, 15) is 0 Å². The van der Waals surface area contributed by atoms with Crippen molar-refractivity contribution in [2.75, 3.05) is 25.4 Å². The molecule has 116 valence electrons. The molecule has 2 saturated heterocycles. The monoisotopic (exact) mass is 304 g/mol. The van der Waals surface area contributed by atoms with Gasteiger partial charge in [-0.2, -0.15) is 11.8 Å². The minimum atomic E-state index is 0.502. The Bertz CT molecular complexity index is 416. The van der Waals surface area contributed by atoms with E-state index >= 15 is 0 Å². The third-order valence-corrected chi connectivity index (χ3v) is 6.30. The highest BCUT2D eigenvalue weighted by Gasteiger charge is 2.29. The summed E-state index contributed by atoms with van der Waals surface area (Å²) < 4.78 is 0. The number of nitrogens with zero attached hydrogens (tertiary/aromatic N) is 1. The molecule has 1 aromatic carbocycles. The third-order valence-electron chi connectivity index (χ3n) is 4.92. The van der Waals surface area contributed by atoms with Crippen LogP contribution >= 0.6 is 11.8 Å². The van der Waals surface area contributed by atoms with Gasteiger partial charge in [-0.15, -0.1) is 0 Å². The summed E-state index contributed by atoms with van der Waals surface area (Å²) in [6, 6.07) is 12.2. The van der Waals surface area contributed by atoms with Gasteiger partial charge in [0.25, 0.3) is 0 Å². The smallest absolute Gasteiger partial charge is 0.0449 e. The Labute approximate surface area is 133 Å². The van der Waals surface area contributed by atoms with Crippen LogP contribution in [0.1, 0.15) is 44.2 Å². The Morgan fingerprint density at radius 3 is 2.81 bits per heavy atom. The quantitative estimate of drug-likeness (QED) is 0.913. The Balaban J connectivity index is 1.64. The van der Waals surface area contributed by atoms with Gasteiger partial charge in [0, 0.05) is 37.0 Å². The van der Waals surface area contributed by atoms with E-state index in [0.29, 0.717) is 12.1 Å². The Kier molecular flexibility index (Phi) is 5.61. The van der Waals surface area contributed by atoms with Crippen LogP contribution in [0.15, 0.2) is 30.3 Å². The molecule has 2 heterocycles. The van der Waals surface area contributed by atoms with E-state index in [0.717, 1.165) is 11.8 Å². The van der Waals surface area contributed by atoms with Crippen molar-refractivity contribution < 1.29 is 0 Å². The van der Waals surface area contributed by atoms with Crippen molar-refractivity contribution in [2.24, 2.45) is 0 Å². The standard InChI is InChI=1S/C18H28N2S/c1-2-16-12-19-18(15-8-4-3-5-9-15)14-20(16)13-17-10-6-7-11-21-17/h3-5,8-9,16-19H,2,6-7,10-14H2,1H3. The van der Waals surface area contributed by atoms with Gasteiger partial charge < -0.3 is 5.32 Å². The number of rotatable bonds is 4. The van der Waals surface area contributed by atoms with Gasteiger partial charge in [-0.1, -0.05) is 43.7 Å². The van der Waals surface area contributed by atoms with E-state index in [1.807, 2.05) is 0 Å². The molecule has 0 radical (unpaired) electrons. The maximum atomic E-state index is 3.76. The van der Waals surface area contributed by atoms with Gasteiger partial charge in [-0.25, -0.2) is 0 Å². The molecule has 0 saturated carbocycles. The highest BCUT2D eigenvalue weighted by Crippen LogP contribution is 2.28. The van der Waals surface area contributed by atoms with E-state index in [1.54, 1.807) is 0 Å². The highest BCUT2D eigenvalue weighted by molar-refractivity contribution is 7.99. The largest absolute Gasteiger partial charge is 0.307 e. The van der Waals surface area contributed by atoms with Crippen LogP contribution in [0, 0.1) is 0 Å². The average molecular weight is 305 g/mol. The van der Waals surface area contributed by atoms with Gasteiger partial charge in [-0.3, -0.25) is 4.90 Å². The Morgan fingerprint density at radius 1 is 1.24 bits per heavy atom. The van der Waals surface area contributed by atoms with Crippen molar-refractivity contribution >= 4 is 11.8 Å². The topological polar surface area (TPSA) is 15.3 Å². The van der Waals surface area contributed by atoms with Crippen LogP contribution in [0.3, 0.4) is 0 Å². The number of nitrogens with one attached hydrogen (secondary N) is 1. The summed E-state index contributed by atoms with van der Waals surface area (Å²) in [5, 5.41) is 4.62. The molecule has 3 atom stereocenters. The fourth-order valence-electron chi connectivity index (χ4n) is 3.60. The molecule has 3 rings (SSSR count). The normalized spacial score (nSPS) is 31.2. The minimum Gasteiger partial charge on any atom is -0.307 e. The number of hydrogen-bond acceptors (Lipinski definition) is 3. The lowest BCUT2D eigenvalue weighted by atomic mass is 10.00. The molecule has 2 fully saturated rings. The molecule has 1 aromatic rings. The van der Waals surface area contributed by atoms with Gasteiger partial charge >= 0.3 is 0 Å². The molecular formula is C18H28N2S.